The Labute approximate surface area is 126 Å². The summed E-state index contributed by atoms with van der Waals surface area (Å²) in [5, 5.41) is 6.55. The molecule has 0 aliphatic heterocycles. The summed E-state index contributed by atoms with van der Waals surface area (Å²) in [4.78, 5) is 0. The van der Waals surface area contributed by atoms with Crippen molar-refractivity contribution in [1.29, 1.82) is 0 Å². The van der Waals surface area contributed by atoms with Crippen LogP contribution in [-0.2, 0) is 6.42 Å². The molecule has 0 bridgehead atoms. The number of rotatable bonds is 4. The van der Waals surface area contributed by atoms with E-state index in [1.54, 1.807) is 11.3 Å². The molecule has 3 rings (SSSR count). The van der Waals surface area contributed by atoms with Gasteiger partial charge in [-0.3, -0.25) is 0 Å². The Morgan fingerprint density at radius 2 is 1.81 bits per heavy atom. The summed E-state index contributed by atoms with van der Waals surface area (Å²) in [5.41, 5.74) is 1.82. The Morgan fingerprint density at radius 1 is 1.10 bits per heavy atom. The number of hydrogen-bond acceptors (Lipinski definition) is 2. The third kappa shape index (κ3) is 2.96. The number of benzene rings is 2. The minimum absolute atomic E-state index is 0.0300. The van der Waals surface area contributed by atoms with E-state index >= 15 is 0 Å². The first kappa shape index (κ1) is 14.2. The van der Waals surface area contributed by atoms with Crippen LogP contribution in [0, 0.1) is 11.6 Å². The van der Waals surface area contributed by atoms with Gasteiger partial charge in [0.1, 0.15) is 11.6 Å². The SMILES string of the molecule is CNC(Cc1cc(F)cc(F)c1)c1csc2ccccc12. The smallest absolute Gasteiger partial charge is 0.126 e. The summed E-state index contributed by atoms with van der Waals surface area (Å²) in [6.45, 7) is 0. The lowest BCUT2D eigenvalue weighted by Gasteiger charge is -2.16. The van der Waals surface area contributed by atoms with Crippen LogP contribution in [0.3, 0.4) is 0 Å². The molecule has 0 amide bonds. The predicted molar refractivity (Wildman–Crippen MR) is 83.7 cm³/mol. The van der Waals surface area contributed by atoms with Gasteiger partial charge in [-0.05, 0) is 53.6 Å². The predicted octanol–water partition coefficient (Wildman–Crippen LogP) is 4.68. The van der Waals surface area contributed by atoms with Crippen LogP contribution in [0.1, 0.15) is 17.2 Å². The van der Waals surface area contributed by atoms with Gasteiger partial charge in [-0.2, -0.15) is 0 Å². The van der Waals surface area contributed by atoms with E-state index in [2.05, 4.69) is 22.8 Å². The molecule has 1 heterocycles. The Kier molecular flexibility index (Phi) is 3.99. The lowest BCUT2D eigenvalue weighted by Crippen LogP contribution is -2.18. The van der Waals surface area contributed by atoms with Gasteiger partial charge in [0.05, 0.1) is 0 Å². The minimum atomic E-state index is -0.532. The van der Waals surface area contributed by atoms with Gasteiger partial charge in [-0.1, -0.05) is 18.2 Å². The summed E-state index contributed by atoms with van der Waals surface area (Å²) >= 11 is 1.69. The number of fused-ring (bicyclic) bond motifs is 1. The van der Waals surface area contributed by atoms with Crippen LogP contribution < -0.4 is 5.32 Å². The monoisotopic (exact) mass is 303 g/mol. The van der Waals surface area contributed by atoms with Crippen LogP contribution in [0.4, 0.5) is 8.78 Å². The van der Waals surface area contributed by atoms with Crippen molar-refractivity contribution in [3.63, 3.8) is 0 Å². The summed E-state index contributed by atoms with van der Waals surface area (Å²) in [6.07, 6.45) is 0.548. The van der Waals surface area contributed by atoms with Crippen molar-refractivity contribution in [2.75, 3.05) is 7.05 Å². The van der Waals surface area contributed by atoms with Crippen LogP contribution in [0.2, 0.25) is 0 Å². The first-order valence-electron chi connectivity index (χ1n) is 6.76. The second kappa shape index (κ2) is 5.92. The van der Waals surface area contributed by atoms with E-state index in [9.17, 15) is 8.78 Å². The second-order valence-corrected chi connectivity index (χ2v) is 5.92. The molecule has 0 radical (unpaired) electrons. The molecule has 1 unspecified atom stereocenters. The summed E-state index contributed by atoms with van der Waals surface area (Å²) in [5.74, 6) is -1.06. The number of likely N-dealkylation sites (N-methyl/N-ethyl adjacent to an activating group) is 1. The Morgan fingerprint density at radius 3 is 2.52 bits per heavy atom. The molecule has 2 aromatic carbocycles. The molecular formula is C17H15F2NS. The van der Waals surface area contributed by atoms with E-state index in [1.807, 2.05) is 19.2 Å². The topological polar surface area (TPSA) is 12.0 Å². The van der Waals surface area contributed by atoms with E-state index in [4.69, 9.17) is 0 Å². The summed E-state index contributed by atoms with van der Waals surface area (Å²) in [6, 6.07) is 11.9. The fourth-order valence-electron chi connectivity index (χ4n) is 2.60. The van der Waals surface area contributed by atoms with Crippen molar-refractivity contribution in [2.24, 2.45) is 0 Å². The van der Waals surface area contributed by atoms with Gasteiger partial charge in [0, 0.05) is 16.8 Å². The average Bonchev–Trinajstić information content (AvgIpc) is 2.87. The van der Waals surface area contributed by atoms with Crippen LogP contribution in [-0.4, -0.2) is 7.05 Å². The average molecular weight is 303 g/mol. The Balaban J connectivity index is 1.95. The fourth-order valence-corrected chi connectivity index (χ4v) is 3.62. The van der Waals surface area contributed by atoms with Crippen LogP contribution in [0.5, 0.6) is 0 Å². The number of halogens is 2. The first-order chi connectivity index (χ1) is 10.2. The highest BCUT2D eigenvalue weighted by Gasteiger charge is 2.15. The lowest BCUT2D eigenvalue weighted by atomic mass is 9.98. The maximum Gasteiger partial charge on any atom is 0.126 e. The standard InChI is InChI=1S/C17H15F2NS/c1-20-16(8-11-6-12(18)9-13(19)7-11)15-10-21-17-5-3-2-4-14(15)17/h2-7,9-10,16,20H,8H2,1H3. The van der Waals surface area contributed by atoms with Gasteiger partial charge in [-0.25, -0.2) is 8.78 Å². The number of hydrogen-bond donors (Lipinski definition) is 1. The largest absolute Gasteiger partial charge is 0.313 e. The van der Waals surface area contributed by atoms with Crippen LogP contribution in [0.15, 0.2) is 47.8 Å². The van der Waals surface area contributed by atoms with Crippen molar-refractivity contribution >= 4 is 21.4 Å². The third-order valence-electron chi connectivity index (χ3n) is 3.60. The van der Waals surface area contributed by atoms with Crippen LogP contribution >= 0.6 is 11.3 Å². The van der Waals surface area contributed by atoms with Gasteiger partial charge in [0.25, 0.3) is 0 Å². The van der Waals surface area contributed by atoms with Gasteiger partial charge in [0.2, 0.25) is 0 Å². The quantitative estimate of drug-likeness (QED) is 0.738. The third-order valence-corrected chi connectivity index (χ3v) is 4.58. The normalized spacial score (nSPS) is 12.7. The maximum absolute atomic E-state index is 13.3. The molecule has 0 fully saturated rings. The summed E-state index contributed by atoms with van der Waals surface area (Å²) < 4.78 is 27.9. The molecule has 0 aliphatic rings. The zero-order chi connectivity index (χ0) is 14.8. The van der Waals surface area contributed by atoms with Gasteiger partial charge < -0.3 is 5.32 Å². The highest BCUT2D eigenvalue weighted by molar-refractivity contribution is 7.17. The first-order valence-corrected chi connectivity index (χ1v) is 7.63. The van der Waals surface area contributed by atoms with E-state index < -0.39 is 11.6 Å². The molecule has 1 nitrogen and oxygen atoms in total. The zero-order valence-corrected chi connectivity index (χ0v) is 12.4. The van der Waals surface area contributed by atoms with Gasteiger partial charge in [-0.15, -0.1) is 11.3 Å². The van der Waals surface area contributed by atoms with Crippen molar-refractivity contribution in [1.82, 2.24) is 5.32 Å². The van der Waals surface area contributed by atoms with E-state index in [1.165, 1.54) is 27.8 Å². The van der Waals surface area contributed by atoms with Crippen molar-refractivity contribution in [2.45, 2.75) is 12.5 Å². The highest BCUT2D eigenvalue weighted by atomic mass is 32.1. The molecule has 4 heteroatoms. The van der Waals surface area contributed by atoms with Gasteiger partial charge in [0.15, 0.2) is 0 Å². The van der Waals surface area contributed by atoms with E-state index in [-0.39, 0.29) is 6.04 Å². The molecule has 108 valence electrons. The molecule has 3 aromatic rings. The van der Waals surface area contributed by atoms with Crippen molar-refractivity contribution in [3.05, 3.63) is 70.6 Å². The van der Waals surface area contributed by atoms with Crippen molar-refractivity contribution < 1.29 is 8.78 Å². The maximum atomic E-state index is 13.3. The molecule has 21 heavy (non-hydrogen) atoms. The second-order valence-electron chi connectivity index (χ2n) is 5.01. The molecule has 0 aliphatic carbocycles. The Bertz CT molecular complexity index is 746. The number of nitrogens with one attached hydrogen (secondary N) is 1. The van der Waals surface area contributed by atoms with Crippen molar-refractivity contribution in [3.8, 4) is 0 Å². The van der Waals surface area contributed by atoms with E-state index in [0.717, 1.165) is 6.07 Å². The fraction of sp³-hybridized carbons (Fsp3) is 0.176. The van der Waals surface area contributed by atoms with Crippen LogP contribution in [0.25, 0.3) is 10.1 Å². The minimum Gasteiger partial charge on any atom is -0.313 e. The molecular weight excluding hydrogens is 288 g/mol. The van der Waals surface area contributed by atoms with E-state index in [0.29, 0.717) is 12.0 Å². The molecule has 1 N–H and O–H groups in total. The molecule has 0 spiro atoms. The Hall–Kier alpha value is -1.78. The highest BCUT2D eigenvalue weighted by Crippen LogP contribution is 2.31. The molecule has 1 aromatic heterocycles. The zero-order valence-electron chi connectivity index (χ0n) is 11.6. The van der Waals surface area contributed by atoms with Gasteiger partial charge >= 0.3 is 0 Å². The molecule has 1 atom stereocenters. The molecule has 0 saturated heterocycles. The number of thiophene rings is 1. The molecule has 0 saturated carbocycles. The lowest BCUT2D eigenvalue weighted by molar-refractivity contribution is 0.564. The summed E-state index contributed by atoms with van der Waals surface area (Å²) in [7, 11) is 1.87.